The first-order valence-electron chi connectivity index (χ1n) is 6.48. The lowest BCUT2D eigenvalue weighted by Crippen LogP contribution is -2.51. The summed E-state index contributed by atoms with van der Waals surface area (Å²) < 4.78 is 0. The second-order valence-electron chi connectivity index (χ2n) is 5.22. The molecule has 3 N–H and O–H groups in total. The number of carbonyl (C=O) groups is 2. The molecule has 0 saturated carbocycles. The molecule has 1 atom stereocenters. The summed E-state index contributed by atoms with van der Waals surface area (Å²) in [5.74, 6) is -0.648. The maximum absolute atomic E-state index is 11.8. The molecule has 0 aromatic heterocycles. The minimum absolute atomic E-state index is 0.412. The summed E-state index contributed by atoms with van der Waals surface area (Å²) in [6.07, 6.45) is 1.84. The monoisotopic (exact) mass is 273 g/mol. The van der Waals surface area contributed by atoms with Gasteiger partial charge in [-0.3, -0.25) is 0 Å². The lowest BCUT2D eigenvalue weighted by Gasteiger charge is -2.33. The normalized spacial score (nSPS) is 18.4. The molecular weight excluding hydrogens is 250 g/mol. The number of piperidine rings is 1. The molecule has 1 aliphatic rings. The molecule has 19 heavy (non-hydrogen) atoms. The maximum Gasteiger partial charge on any atom is 0.328 e. The van der Waals surface area contributed by atoms with Crippen LogP contribution in [-0.2, 0) is 4.79 Å². The Morgan fingerprint density at radius 2 is 1.95 bits per heavy atom. The molecule has 1 fully saturated rings. The zero-order chi connectivity index (χ0) is 14.4. The summed E-state index contributed by atoms with van der Waals surface area (Å²) in [4.78, 5) is 26.3. The predicted octanol–water partition coefficient (Wildman–Crippen LogP) is -0.585. The molecule has 7 nitrogen and oxygen atoms in total. The first kappa shape index (κ1) is 15.7. The number of nitrogens with one attached hydrogen (secondary N) is 1. The van der Waals surface area contributed by atoms with Crippen LogP contribution >= 0.6 is 0 Å². The number of carbonyl (C=O) groups excluding carboxylic acids is 1. The van der Waals surface area contributed by atoms with E-state index in [1.807, 2.05) is 14.1 Å². The summed E-state index contributed by atoms with van der Waals surface area (Å²) in [6, 6.07) is -1.64. The number of carboxylic acid groups (broad SMARTS) is 1. The van der Waals surface area contributed by atoms with Gasteiger partial charge in [0.25, 0.3) is 0 Å². The molecule has 1 aliphatic heterocycles. The number of aliphatic hydroxyl groups is 1. The van der Waals surface area contributed by atoms with Crippen LogP contribution in [-0.4, -0.2) is 78.4 Å². The van der Waals surface area contributed by atoms with Crippen LogP contribution in [0.2, 0.25) is 0 Å². The largest absolute Gasteiger partial charge is 0.480 e. The number of amides is 2. The Morgan fingerprint density at radius 3 is 2.37 bits per heavy atom. The SMILES string of the molecule is CN(C)CC1CCN(C(=O)NC(CO)C(=O)O)CC1. The summed E-state index contributed by atoms with van der Waals surface area (Å²) in [6.45, 7) is 1.66. The van der Waals surface area contributed by atoms with Crippen molar-refractivity contribution in [3.8, 4) is 0 Å². The van der Waals surface area contributed by atoms with Gasteiger partial charge in [0.15, 0.2) is 6.04 Å². The third-order valence-electron chi connectivity index (χ3n) is 3.30. The summed E-state index contributed by atoms with van der Waals surface area (Å²) >= 11 is 0. The van der Waals surface area contributed by atoms with Gasteiger partial charge < -0.3 is 25.3 Å². The van der Waals surface area contributed by atoms with Gasteiger partial charge in [0.05, 0.1) is 6.61 Å². The molecule has 0 aromatic rings. The molecule has 110 valence electrons. The van der Waals surface area contributed by atoms with Crippen LogP contribution in [0.3, 0.4) is 0 Å². The Labute approximate surface area is 113 Å². The van der Waals surface area contributed by atoms with E-state index in [2.05, 4.69) is 10.2 Å². The highest BCUT2D eigenvalue weighted by molar-refractivity contribution is 5.82. The molecule has 7 heteroatoms. The first-order chi connectivity index (χ1) is 8.93. The smallest absolute Gasteiger partial charge is 0.328 e. The minimum Gasteiger partial charge on any atom is -0.480 e. The number of aliphatic hydroxyl groups excluding tert-OH is 1. The number of rotatable bonds is 5. The van der Waals surface area contributed by atoms with Crippen molar-refractivity contribution in [3.63, 3.8) is 0 Å². The topological polar surface area (TPSA) is 93.1 Å². The van der Waals surface area contributed by atoms with Crippen LogP contribution in [0.5, 0.6) is 0 Å². The van der Waals surface area contributed by atoms with Crippen molar-refractivity contribution in [2.24, 2.45) is 5.92 Å². The number of hydrogen-bond acceptors (Lipinski definition) is 4. The molecule has 0 aliphatic carbocycles. The first-order valence-corrected chi connectivity index (χ1v) is 6.48. The number of aliphatic carboxylic acids is 1. The fourth-order valence-electron chi connectivity index (χ4n) is 2.26. The van der Waals surface area contributed by atoms with Crippen LogP contribution in [0.15, 0.2) is 0 Å². The van der Waals surface area contributed by atoms with E-state index < -0.39 is 24.6 Å². The highest BCUT2D eigenvalue weighted by Crippen LogP contribution is 2.17. The third-order valence-corrected chi connectivity index (χ3v) is 3.30. The van der Waals surface area contributed by atoms with Crippen molar-refractivity contribution < 1.29 is 19.8 Å². The summed E-state index contributed by atoms with van der Waals surface area (Å²) in [5.41, 5.74) is 0. The Balaban J connectivity index is 2.38. The van der Waals surface area contributed by atoms with Crippen molar-refractivity contribution in [3.05, 3.63) is 0 Å². The average Bonchev–Trinajstić information content (AvgIpc) is 2.35. The molecule has 1 saturated heterocycles. The quantitative estimate of drug-likeness (QED) is 0.623. The standard InChI is InChI=1S/C12H23N3O4/c1-14(2)7-9-3-5-15(6-4-9)12(19)13-10(8-16)11(17)18/h9-10,16H,3-8H2,1-2H3,(H,13,19)(H,17,18). The summed E-state index contributed by atoms with van der Waals surface area (Å²) in [7, 11) is 4.05. The number of urea groups is 1. The molecule has 1 unspecified atom stereocenters. The Bertz CT molecular complexity index is 314. The molecule has 0 aromatic carbocycles. The van der Waals surface area contributed by atoms with E-state index in [4.69, 9.17) is 10.2 Å². The van der Waals surface area contributed by atoms with Gasteiger partial charge in [-0.15, -0.1) is 0 Å². The minimum atomic E-state index is -1.23. The van der Waals surface area contributed by atoms with E-state index in [1.54, 1.807) is 4.90 Å². The van der Waals surface area contributed by atoms with Crippen molar-refractivity contribution in [1.82, 2.24) is 15.1 Å². The van der Waals surface area contributed by atoms with Gasteiger partial charge in [-0.25, -0.2) is 9.59 Å². The van der Waals surface area contributed by atoms with Crippen molar-refractivity contribution in [2.75, 3.05) is 40.3 Å². The number of hydrogen-bond donors (Lipinski definition) is 3. The zero-order valence-electron chi connectivity index (χ0n) is 11.5. The van der Waals surface area contributed by atoms with Crippen LogP contribution in [0.4, 0.5) is 4.79 Å². The van der Waals surface area contributed by atoms with Gasteiger partial charge in [-0.05, 0) is 32.9 Å². The fourth-order valence-corrected chi connectivity index (χ4v) is 2.26. The second-order valence-corrected chi connectivity index (χ2v) is 5.22. The van der Waals surface area contributed by atoms with Gasteiger partial charge in [0.2, 0.25) is 0 Å². The highest BCUT2D eigenvalue weighted by atomic mass is 16.4. The zero-order valence-corrected chi connectivity index (χ0v) is 11.5. The average molecular weight is 273 g/mol. The van der Waals surface area contributed by atoms with E-state index in [-0.39, 0.29) is 0 Å². The third kappa shape index (κ3) is 5.04. The summed E-state index contributed by atoms with van der Waals surface area (Å²) in [5, 5.41) is 19.9. The molecular formula is C12H23N3O4. The number of likely N-dealkylation sites (tertiary alicyclic amines) is 1. The van der Waals surface area contributed by atoms with E-state index in [1.165, 1.54) is 0 Å². The van der Waals surface area contributed by atoms with E-state index in [0.717, 1.165) is 19.4 Å². The Morgan fingerprint density at radius 1 is 1.37 bits per heavy atom. The maximum atomic E-state index is 11.8. The fraction of sp³-hybridized carbons (Fsp3) is 0.833. The molecule has 2 amide bonds. The van der Waals surface area contributed by atoms with Crippen LogP contribution in [0, 0.1) is 5.92 Å². The molecule has 1 rings (SSSR count). The van der Waals surface area contributed by atoms with E-state index in [0.29, 0.717) is 19.0 Å². The molecule has 0 radical (unpaired) electrons. The Kier molecular flexibility index (Phi) is 6.04. The van der Waals surface area contributed by atoms with Crippen molar-refractivity contribution in [1.29, 1.82) is 0 Å². The lowest BCUT2D eigenvalue weighted by atomic mass is 9.96. The van der Waals surface area contributed by atoms with Gasteiger partial charge in [0, 0.05) is 19.6 Å². The van der Waals surface area contributed by atoms with Crippen LogP contribution < -0.4 is 5.32 Å². The lowest BCUT2D eigenvalue weighted by molar-refractivity contribution is -0.140. The van der Waals surface area contributed by atoms with Gasteiger partial charge in [-0.1, -0.05) is 0 Å². The van der Waals surface area contributed by atoms with Crippen LogP contribution in [0.25, 0.3) is 0 Å². The van der Waals surface area contributed by atoms with Crippen molar-refractivity contribution in [2.45, 2.75) is 18.9 Å². The van der Waals surface area contributed by atoms with E-state index >= 15 is 0 Å². The molecule has 0 spiro atoms. The highest BCUT2D eigenvalue weighted by Gasteiger charge is 2.26. The Hall–Kier alpha value is -1.34. The second kappa shape index (κ2) is 7.30. The van der Waals surface area contributed by atoms with E-state index in [9.17, 15) is 9.59 Å². The number of carboxylic acids is 1. The van der Waals surface area contributed by atoms with Crippen LogP contribution in [0.1, 0.15) is 12.8 Å². The van der Waals surface area contributed by atoms with Gasteiger partial charge >= 0.3 is 12.0 Å². The van der Waals surface area contributed by atoms with Gasteiger partial charge in [0.1, 0.15) is 0 Å². The van der Waals surface area contributed by atoms with Crippen molar-refractivity contribution >= 4 is 12.0 Å². The molecule has 1 heterocycles. The number of nitrogens with zero attached hydrogens (tertiary/aromatic N) is 2. The predicted molar refractivity (Wildman–Crippen MR) is 69.9 cm³/mol. The molecule has 0 bridgehead atoms. The van der Waals surface area contributed by atoms with Gasteiger partial charge in [-0.2, -0.15) is 0 Å².